The summed E-state index contributed by atoms with van der Waals surface area (Å²) in [7, 11) is 3.34. The Hall–Kier alpha value is -2.02. The monoisotopic (exact) mass is 392 g/mol. The van der Waals surface area contributed by atoms with Crippen LogP contribution in [0.5, 0.6) is 5.75 Å². The maximum Gasteiger partial charge on any atom is 0.282 e. The molecule has 0 bridgehead atoms. The number of rotatable bonds is 5. The molecule has 1 aromatic heterocycles. The van der Waals surface area contributed by atoms with E-state index in [-0.39, 0.29) is 5.56 Å². The number of methoxy groups -OCH3 is 1. The fourth-order valence-corrected chi connectivity index (χ4v) is 3.50. The average molecular weight is 393 g/mol. The molecule has 1 N–H and O–H groups in total. The predicted molar refractivity (Wildman–Crippen MR) is 99.0 cm³/mol. The third kappa shape index (κ3) is 3.40. The summed E-state index contributed by atoms with van der Waals surface area (Å²) in [5.41, 5.74) is 1.75. The Kier molecular flexibility index (Phi) is 5.08. The van der Waals surface area contributed by atoms with Gasteiger partial charge in [0.05, 0.1) is 24.7 Å². The van der Waals surface area contributed by atoms with Crippen molar-refractivity contribution >= 4 is 27.3 Å². The van der Waals surface area contributed by atoms with Crippen LogP contribution >= 0.6 is 15.9 Å². The first-order chi connectivity index (χ1) is 11.6. The summed E-state index contributed by atoms with van der Waals surface area (Å²) in [5, 5.41) is 7.40. The van der Waals surface area contributed by atoms with Gasteiger partial charge in [0.15, 0.2) is 0 Å². The van der Waals surface area contributed by atoms with E-state index in [1.165, 1.54) is 4.68 Å². The van der Waals surface area contributed by atoms with Crippen molar-refractivity contribution in [2.75, 3.05) is 37.0 Å². The van der Waals surface area contributed by atoms with Crippen molar-refractivity contribution in [1.82, 2.24) is 9.78 Å². The van der Waals surface area contributed by atoms with Crippen molar-refractivity contribution in [3.8, 4) is 5.75 Å². The van der Waals surface area contributed by atoms with Crippen LogP contribution in [0.3, 0.4) is 0 Å². The van der Waals surface area contributed by atoms with Crippen LogP contribution in [-0.2, 0) is 7.05 Å². The first-order valence-electron chi connectivity index (χ1n) is 7.93. The van der Waals surface area contributed by atoms with Gasteiger partial charge in [0.2, 0.25) is 0 Å². The topological polar surface area (TPSA) is 59.4 Å². The van der Waals surface area contributed by atoms with Crippen LogP contribution in [0.1, 0.15) is 6.42 Å². The number of nitrogens with one attached hydrogen (secondary N) is 1. The normalized spacial score (nSPS) is 17.1. The van der Waals surface area contributed by atoms with E-state index in [1.54, 1.807) is 20.4 Å². The first kappa shape index (κ1) is 16.8. The SMILES string of the molecule is COc1ccccc1N1CCC(CNc2cnn(C)c(=O)c2Br)C1. The highest BCUT2D eigenvalue weighted by Crippen LogP contribution is 2.32. The smallest absolute Gasteiger partial charge is 0.282 e. The van der Waals surface area contributed by atoms with E-state index in [0.29, 0.717) is 10.4 Å². The lowest BCUT2D eigenvalue weighted by Gasteiger charge is -2.21. The third-order valence-corrected chi connectivity index (χ3v) is 5.14. The van der Waals surface area contributed by atoms with Gasteiger partial charge in [-0.3, -0.25) is 4.79 Å². The maximum atomic E-state index is 11.9. The molecule has 7 heteroatoms. The Morgan fingerprint density at radius 2 is 2.21 bits per heavy atom. The maximum absolute atomic E-state index is 11.9. The summed E-state index contributed by atoms with van der Waals surface area (Å²) in [4.78, 5) is 14.2. The van der Waals surface area contributed by atoms with Crippen molar-refractivity contribution in [3.05, 3.63) is 45.3 Å². The summed E-state index contributed by atoms with van der Waals surface area (Å²) in [6.07, 6.45) is 2.78. The van der Waals surface area contributed by atoms with E-state index in [0.717, 1.165) is 43.2 Å². The van der Waals surface area contributed by atoms with Gasteiger partial charge in [0, 0.05) is 26.7 Å². The summed E-state index contributed by atoms with van der Waals surface area (Å²) in [6, 6.07) is 8.10. The minimum atomic E-state index is -0.137. The second-order valence-electron chi connectivity index (χ2n) is 5.95. The molecule has 2 heterocycles. The number of hydrogen-bond donors (Lipinski definition) is 1. The fraction of sp³-hybridized carbons (Fsp3) is 0.412. The molecular formula is C17H21BrN4O2. The first-order valence-corrected chi connectivity index (χ1v) is 8.73. The minimum absolute atomic E-state index is 0.137. The molecular weight excluding hydrogens is 372 g/mol. The minimum Gasteiger partial charge on any atom is -0.495 e. The van der Waals surface area contributed by atoms with Crippen LogP contribution in [0.2, 0.25) is 0 Å². The summed E-state index contributed by atoms with van der Waals surface area (Å²) in [6.45, 7) is 2.77. The number of aromatic nitrogens is 2. The highest BCUT2D eigenvalue weighted by molar-refractivity contribution is 9.10. The highest BCUT2D eigenvalue weighted by Gasteiger charge is 2.24. The van der Waals surface area contributed by atoms with Crippen molar-refractivity contribution in [2.45, 2.75) is 6.42 Å². The van der Waals surface area contributed by atoms with Crippen LogP contribution in [0.4, 0.5) is 11.4 Å². The van der Waals surface area contributed by atoms with Gasteiger partial charge in [-0.05, 0) is 40.4 Å². The van der Waals surface area contributed by atoms with Crippen LogP contribution in [0.15, 0.2) is 39.7 Å². The van der Waals surface area contributed by atoms with E-state index in [1.807, 2.05) is 18.2 Å². The molecule has 1 atom stereocenters. The number of benzene rings is 1. The summed E-state index contributed by atoms with van der Waals surface area (Å²) >= 11 is 3.35. The van der Waals surface area contributed by atoms with Gasteiger partial charge in [-0.1, -0.05) is 12.1 Å². The molecule has 1 fully saturated rings. The van der Waals surface area contributed by atoms with E-state index >= 15 is 0 Å². The summed E-state index contributed by atoms with van der Waals surface area (Å²) < 4.78 is 7.29. The largest absolute Gasteiger partial charge is 0.495 e. The van der Waals surface area contributed by atoms with Gasteiger partial charge in [-0.2, -0.15) is 5.10 Å². The fourth-order valence-electron chi connectivity index (χ4n) is 3.00. The Morgan fingerprint density at radius 3 is 3.00 bits per heavy atom. The standard InChI is InChI=1S/C17H21BrN4O2/c1-21-17(23)16(18)13(10-20-21)19-9-12-7-8-22(11-12)14-5-3-4-6-15(14)24-2/h3-6,10,12,19H,7-9,11H2,1-2H3. The zero-order valence-electron chi connectivity index (χ0n) is 13.8. The number of ether oxygens (including phenoxy) is 1. The molecule has 1 aliphatic heterocycles. The number of aryl methyl sites for hydroxylation is 1. The van der Waals surface area contributed by atoms with E-state index < -0.39 is 0 Å². The van der Waals surface area contributed by atoms with Crippen molar-refractivity contribution in [1.29, 1.82) is 0 Å². The van der Waals surface area contributed by atoms with E-state index in [2.05, 4.69) is 37.3 Å². The summed E-state index contributed by atoms with van der Waals surface area (Å²) in [5.74, 6) is 1.41. The lowest BCUT2D eigenvalue weighted by atomic mass is 10.1. The van der Waals surface area contributed by atoms with Gasteiger partial charge in [0.1, 0.15) is 10.2 Å². The molecule has 6 nitrogen and oxygen atoms in total. The van der Waals surface area contributed by atoms with E-state index in [4.69, 9.17) is 4.74 Å². The lowest BCUT2D eigenvalue weighted by molar-refractivity contribution is 0.414. The molecule has 1 unspecified atom stereocenters. The quantitative estimate of drug-likeness (QED) is 0.846. The molecule has 3 rings (SSSR count). The molecule has 0 amide bonds. The number of halogens is 1. The Balaban J connectivity index is 1.63. The predicted octanol–water partition coefficient (Wildman–Crippen LogP) is 2.49. The molecule has 0 radical (unpaired) electrons. The number of nitrogens with zero attached hydrogens (tertiary/aromatic N) is 3. The molecule has 0 spiro atoms. The van der Waals surface area contributed by atoms with E-state index in [9.17, 15) is 4.79 Å². The van der Waals surface area contributed by atoms with Crippen LogP contribution in [0, 0.1) is 5.92 Å². The highest BCUT2D eigenvalue weighted by atomic mass is 79.9. The molecule has 0 aliphatic carbocycles. The van der Waals surface area contributed by atoms with Crippen molar-refractivity contribution in [3.63, 3.8) is 0 Å². The Bertz CT molecular complexity index is 777. The van der Waals surface area contributed by atoms with Gasteiger partial charge < -0.3 is 15.0 Å². The van der Waals surface area contributed by atoms with Crippen molar-refractivity contribution in [2.24, 2.45) is 13.0 Å². The zero-order chi connectivity index (χ0) is 17.1. The third-order valence-electron chi connectivity index (χ3n) is 4.37. The van der Waals surface area contributed by atoms with Crippen LogP contribution in [0.25, 0.3) is 0 Å². The molecule has 1 aromatic carbocycles. The second kappa shape index (κ2) is 7.25. The van der Waals surface area contributed by atoms with Gasteiger partial charge >= 0.3 is 0 Å². The van der Waals surface area contributed by atoms with Crippen molar-refractivity contribution < 1.29 is 4.74 Å². The van der Waals surface area contributed by atoms with Gasteiger partial charge in [-0.15, -0.1) is 0 Å². The molecule has 0 saturated carbocycles. The Labute approximate surface area is 149 Å². The second-order valence-corrected chi connectivity index (χ2v) is 6.75. The number of hydrogen-bond acceptors (Lipinski definition) is 5. The molecule has 1 saturated heterocycles. The van der Waals surface area contributed by atoms with Crippen LogP contribution in [-0.4, -0.2) is 36.5 Å². The van der Waals surface area contributed by atoms with Gasteiger partial charge in [-0.25, -0.2) is 4.68 Å². The van der Waals surface area contributed by atoms with Gasteiger partial charge in [0.25, 0.3) is 5.56 Å². The Morgan fingerprint density at radius 1 is 1.42 bits per heavy atom. The zero-order valence-corrected chi connectivity index (χ0v) is 15.4. The molecule has 1 aliphatic rings. The average Bonchev–Trinajstić information content (AvgIpc) is 3.08. The van der Waals surface area contributed by atoms with Crippen LogP contribution < -0.4 is 20.5 Å². The molecule has 128 valence electrons. The molecule has 24 heavy (non-hydrogen) atoms. The number of para-hydroxylation sites is 2. The molecule has 2 aromatic rings. The number of anilines is 2. The lowest BCUT2D eigenvalue weighted by Crippen LogP contribution is -2.25.